The Kier molecular flexibility index (Phi) is 4.95. The summed E-state index contributed by atoms with van der Waals surface area (Å²) in [7, 11) is 0. The maximum Gasteiger partial charge on any atom is 0.261 e. The first-order chi connectivity index (χ1) is 8.74. The van der Waals surface area contributed by atoms with E-state index in [0.717, 1.165) is 12.2 Å². The van der Waals surface area contributed by atoms with Crippen LogP contribution in [-0.2, 0) is 17.7 Å². The number of aromatic nitrogens is 2. The van der Waals surface area contributed by atoms with Gasteiger partial charge in [-0.05, 0) is 18.9 Å². The summed E-state index contributed by atoms with van der Waals surface area (Å²) in [6.07, 6.45) is 2.21. The molecule has 1 aliphatic carbocycles. The molecule has 0 aliphatic heterocycles. The second kappa shape index (κ2) is 6.70. The van der Waals surface area contributed by atoms with E-state index in [4.69, 9.17) is 4.74 Å². The van der Waals surface area contributed by atoms with Gasteiger partial charge in [0, 0.05) is 25.2 Å². The van der Waals surface area contributed by atoms with E-state index in [-0.39, 0.29) is 6.61 Å². The predicted octanol–water partition coefficient (Wildman–Crippen LogP) is 1.55. The van der Waals surface area contributed by atoms with Crippen LogP contribution in [-0.4, -0.2) is 35.6 Å². The highest BCUT2D eigenvalue weighted by molar-refractivity contribution is 5.03. The van der Waals surface area contributed by atoms with E-state index in [0.29, 0.717) is 18.3 Å². The van der Waals surface area contributed by atoms with Gasteiger partial charge in [0.25, 0.3) is 6.43 Å². The Morgan fingerprint density at radius 3 is 3.00 bits per heavy atom. The van der Waals surface area contributed by atoms with Crippen molar-refractivity contribution in [2.75, 3.05) is 13.2 Å². The van der Waals surface area contributed by atoms with Crippen molar-refractivity contribution in [3.05, 3.63) is 23.8 Å². The highest BCUT2D eigenvalue weighted by Crippen LogP contribution is 2.18. The van der Waals surface area contributed by atoms with E-state index in [2.05, 4.69) is 15.3 Å². The highest BCUT2D eigenvalue weighted by atomic mass is 19.3. The summed E-state index contributed by atoms with van der Waals surface area (Å²) in [6, 6.07) is 2.50. The molecule has 1 fully saturated rings. The van der Waals surface area contributed by atoms with Crippen LogP contribution in [0.5, 0.6) is 0 Å². The molecule has 2 rings (SSSR count). The lowest BCUT2D eigenvalue weighted by Crippen LogP contribution is -2.17. The van der Waals surface area contributed by atoms with Crippen LogP contribution < -0.4 is 5.32 Å². The van der Waals surface area contributed by atoms with E-state index in [1.54, 1.807) is 6.20 Å². The second-order valence-corrected chi connectivity index (χ2v) is 4.34. The molecule has 0 bridgehead atoms. The van der Waals surface area contributed by atoms with Crippen molar-refractivity contribution in [1.82, 2.24) is 15.3 Å². The van der Waals surface area contributed by atoms with Crippen LogP contribution in [0.3, 0.4) is 0 Å². The van der Waals surface area contributed by atoms with Crippen LogP contribution in [0.15, 0.2) is 12.3 Å². The number of hydrogen-bond acceptors (Lipinski definition) is 4. The average Bonchev–Trinajstić information content (AvgIpc) is 3.17. The summed E-state index contributed by atoms with van der Waals surface area (Å²) < 4.78 is 28.5. The summed E-state index contributed by atoms with van der Waals surface area (Å²) in [5.41, 5.74) is 0.931. The van der Waals surface area contributed by atoms with Crippen LogP contribution in [0.25, 0.3) is 0 Å². The fourth-order valence-corrected chi connectivity index (χ4v) is 1.53. The van der Waals surface area contributed by atoms with Gasteiger partial charge in [0.2, 0.25) is 0 Å². The van der Waals surface area contributed by atoms with Crippen LogP contribution in [0, 0.1) is 0 Å². The lowest BCUT2D eigenvalue weighted by Gasteiger charge is -2.05. The molecule has 6 heteroatoms. The summed E-state index contributed by atoms with van der Waals surface area (Å²) in [5.74, 6) is 0.638. The third kappa shape index (κ3) is 5.01. The minimum atomic E-state index is -2.42. The second-order valence-electron chi connectivity index (χ2n) is 4.34. The molecule has 4 nitrogen and oxygen atoms in total. The minimum Gasteiger partial charge on any atom is -0.375 e. The third-order valence-electron chi connectivity index (χ3n) is 2.63. The van der Waals surface area contributed by atoms with Crippen molar-refractivity contribution in [3.63, 3.8) is 0 Å². The maximum atomic E-state index is 11.8. The Labute approximate surface area is 105 Å². The Morgan fingerprint density at radius 2 is 2.28 bits per heavy atom. The average molecular weight is 257 g/mol. The summed E-state index contributed by atoms with van der Waals surface area (Å²) in [6.45, 7) is 0.435. The maximum absolute atomic E-state index is 11.8. The van der Waals surface area contributed by atoms with Crippen molar-refractivity contribution >= 4 is 0 Å². The Bertz CT molecular complexity index is 372. The van der Waals surface area contributed by atoms with Crippen molar-refractivity contribution < 1.29 is 13.5 Å². The molecular formula is C12H17F2N3O. The fraction of sp³-hybridized carbons (Fsp3) is 0.667. The van der Waals surface area contributed by atoms with Gasteiger partial charge in [-0.2, -0.15) is 0 Å². The van der Waals surface area contributed by atoms with E-state index < -0.39 is 13.0 Å². The van der Waals surface area contributed by atoms with Crippen molar-refractivity contribution in [1.29, 1.82) is 0 Å². The molecule has 1 heterocycles. The Hall–Kier alpha value is -1.14. The number of nitrogens with zero attached hydrogens (tertiary/aromatic N) is 2. The largest absolute Gasteiger partial charge is 0.375 e. The third-order valence-corrected chi connectivity index (χ3v) is 2.63. The highest BCUT2D eigenvalue weighted by Gasteiger charge is 2.20. The molecule has 0 radical (unpaired) electrons. The molecule has 0 saturated heterocycles. The van der Waals surface area contributed by atoms with Crippen LogP contribution in [0.2, 0.25) is 0 Å². The molecule has 18 heavy (non-hydrogen) atoms. The zero-order valence-corrected chi connectivity index (χ0v) is 10.1. The lowest BCUT2D eigenvalue weighted by atomic mass is 10.3. The van der Waals surface area contributed by atoms with Gasteiger partial charge in [0.1, 0.15) is 12.4 Å². The van der Waals surface area contributed by atoms with Gasteiger partial charge in [0.15, 0.2) is 0 Å². The Morgan fingerprint density at radius 1 is 1.44 bits per heavy atom. The summed E-state index contributed by atoms with van der Waals surface area (Å²) in [4.78, 5) is 8.44. The van der Waals surface area contributed by atoms with Gasteiger partial charge in [-0.15, -0.1) is 0 Å². The topological polar surface area (TPSA) is 47.0 Å². The Balaban J connectivity index is 1.71. The van der Waals surface area contributed by atoms with E-state index in [9.17, 15) is 8.78 Å². The quantitative estimate of drug-likeness (QED) is 0.718. The minimum absolute atomic E-state index is 0.226. The predicted molar refractivity (Wildman–Crippen MR) is 62.4 cm³/mol. The summed E-state index contributed by atoms with van der Waals surface area (Å²) >= 11 is 0. The molecule has 0 spiro atoms. The molecule has 1 aliphatic rings. The van der Waals surface area contributed by atoms with Gasteiger partial charge in [-0.1, -0.05) is 0 Å². The first-order valence-corrected chi connectivity index (χ1v) is 6.14. The van der Waals surface area contributed by atoms with Gasteiger partial charge in [0.05, 0.1) is 12.3 Å². The number of ether oxygens (including phenoxy) is 1. The van der Waals surface area contributed by atoms with Crippen LogP contribution in [0.1, 0.15) is 24.4 Å². The zero-order chi connectivity index (χ0) is 12.8. The number of halogens is 2. The van der Waals surface area contributed by atoms with Crippen molar-refractivity contribution in [2.24, 2.45) is 0 Å². The molecule has 0 aromatic carbocycles. The molecule has 1 aromatic rings. The van der Waals surface area contributed by atoms with Gasteiger partial charge >= 0.3 is 0 Å². The van der Waals surface area contributed by atoms with E-state index >= 15 is 0 Å². The molecule has 0 unspecified atom stereocenters. The number of nitrogens with one attached hydrogen (secondary N) is 1. The summed E-state index contributed by atoms with van der Waals surface area (Å²) in [5, 5.41) is 3.36. The molecule has 0 atom stereocenters. The zero-order valence-electron chi connectivity index (χ0n) is 10.1. The van der Waals surface area contributed by atoms with Crippen LogP contribution in [0.4, 0.5) is 8.78 Å². The van der Waals surface area contributed by atoms with Gasteiger partial charge < -0.3 is 10.1 Å². The molecule has 0 amide bonds. The first-order valence-electron chi connectivity index (χ1n) is 6.14. The fourth-order valence-electron chi connectivity index (χ4n) is 1.53. The number of alkyl halides is 2. The molecule has 1 aromatic heterocycles. The smallest absolute Gasteiger partial charge is 0.261 e. The van der Waals surface area contributed by atoms with E-state index in [1.807, 2.05) is 6.07 Å². The van der Waals surface area contributed by atoms with Crippen LogP contribution >= 0.6 is 0 Å². The normalized spacial score (nSPS) is 15.3. The van der Waals surface area contributed by atoms with Gasteiger partial charge in [-0.25, -0.2) is 18.7 Å². The standard InChI is InChI=1S/C12H17F2N3O/c13-11(14)8-18-6-4-12-15-5-3-10(17-12)7-16-9-1-2-9/h3,5,9,11,16H,1-2,4,6-8H2. The molecule has 1 N–H and O–H groups in total. The van der Waals surface area contributed by atoms with E-state index in [1.165, 1.54) is 12.8 Å². The number of rotatable bonds is 8. The van der Waals surface area contributed by atoms with Crippen molar-refractivity contribution in [2.45, 2.75) is 38.3 Å². The SMILES string of the molecule is FC(F)COCCc1nccc(CNC2CC2)n1. The molecular weight excluding hydrogens is 240 g/mol. The number of hydrogen-bond donors (Lipinski definition) is 1. The first kappa shape index (κ1) is 13.3. The van der Waals surface area contributed by atoms with Crippen molar-refractivity contribution in [3.8, 4) is 0 Å². The molecule has 1 saturated carbocycles. The lowest BCUT2D eigenvalue weighted by molar-refractivity contribution is 0.0182. The van der Waals surface area contributed by atoms with Gasteiger partial charge in [-0.3, -0.25) is 0 Å². The monoisotopic (exact) mass is 257 g/mol. The molecule has 100 valence electrons.